The molecular weight excluding hydrogens is 228 g/mol. The average molecular weight is 243 g/mol. The van der Waals surface area contributed by atoms with Crippen molar-refractivity contribution < 1.29 is 9.53 Å². The molecule has 1 amide bonds. The first-order valence-corrected chi connectivity index (χ1v) is 5.24. The van der Waals surface area contributed by atoms with Gasteiger partial charge in [-0.15, -0.1) is 0 Å². The van der Waals surface area contributed by atoms with Crippen molar-refractivity contribution in [1.82, 2.24) is 0 Å². The molecule has 0 spiro atoms. The number of anilines is 1. The first-order chi connectivity index (χ1) is 7.45. The molecule has 4 nitrogen and oxygen atoms in total. The van der Waals surface area contributed by atoms with Crippen molar-refractivity contribution in [1.29, 1.82) is 0 Å². The highest BCUT2D eigenvalue weighted by Gasteiger charge is 2.12. The second kappa shape index (κ2) is 5.18. The number of methoxy groups -OCH3 is 1. The first kappa shape index (κ1) is 12.8. The van der Waals surface area contributed by atoms with Crippen molar-refractivity contribution >= 4 is 23.2 Å². The van der Waals surface area contributed by atoms with Crippen molar-refractivity contribution in [2.75, 3.05) is 12.4 Å². The van der Waals surface area contributed by atoms with E-state index in [1.807, 2.05) is 6.92 Å². The molecule has 0 radical (unpaired) electrons. The molecule has 1 atom stereocenters. The average Bonchev–Trinajstić information content (AvgIpc) is 2.22. The number of benzene rings is 1. The number of nitrogens with one attached hydrogen (secondary N) is 1. The van der Waals surface area contributed by atoms with Crippen LogP contribution in [-0.4, -0.2) is 19.1 Å². The molecule has 1 aromatic carbocycles. The second-order valence-electron chi connectivity index (χ2n) is 3.58. The lowest BCUT2D eigenvalue weighted by Gasteiger charge is -2.13. The SMILES string of the molecule is COc1cc(Cl)c(C)cc1NC(=O)C(C)N. The van der Waals surface area contributed by atoms with Gasteiger partial charge in [0.2, 0.25) is 5.91 Å². The Morgan fingerprint density at radius 2 is 2.19 bits per heavy atom. The van der Waals surface area contributed by atoms with Crippen molar-refractivity contribution in [3.05, 3.63) is 22.7 Å². The summed E-state index contributed by atoms with van der Waals surface area (Å²) < 4.78 is 5.12. The zero-order valence-electron chi connectivity index (χ0n) is 9.50. The number of rotatable bonds is 3. The van der Waals surface area contributed by atoms with Crippen LogP contribution in [0.25, 0.3) is 0 Å². The molecule has 3 N–H and O–H groups in total. The smallest absolute Gasteiger partial charge is 0.241 e. The molecule has 16 heavy (non-hydrogen) atoms. The quantitative estimate of drug-likeness (QED) is 0.852. The van der Waals surface area contributed by atoms with Crippen LogP contribution in [0.3, 0.4) is 0 Å². The number of halogens is 1. The van der Waals surface area contributed by atoms with E-state index < -0.39 is 6.04 Å². The monoisotopic (exact) mass is 242 g/mol. The summed E-state index contributed by atoms with van der Waals surface area (Å²) in [4.78, 5) is 11.5. The third kappa shape index (κ3) is 2.87. The van der Waals surface area contributed by atoms with E-state index in [0.717, 1.165) is 5.56 Å². The van der Waals surface area contributed by atoms with E-state index in [0.29, 0.717) is 16.5 Å². The number of aryl methyl sites for hydroxylation is 1. The zero-order valence-corrected chi connectivity index (χ0v) is 10.3. The predicted octanol–water partition coefficient (Wildman–Crippen LogP) is 1.94. The predicted molar refractivity (Wildman–Crippen MR) is 65.0 cm³/mol. The summed E-state index contributed by atoms with van der Waals surface area (Å²) in [6.45, 7) is 3.47. The third-order valence-electron chi connectivity index (χ3n) is 2.15. The fourth-order valence-corrected chi connectivity index (χ4v) is 1.33. The van der Waals surface area contributed by atoms with Gasteiger partial charge < -0.3 is 15.8 Å². The Morgan fingerprint density at radius 1 is 1.56 bits per heavy atom. The highest BCUT2D eigenvalue weighted by atomic mass is 35.5. The Kier molecular flexibility index (Phi) is 4.15. The van der Waals surface area contributed by atoms with Crippen LogP contribution < -0.4 is 15.8 Å². The summed E-state index contributed by atoms with van der Waals surface area (Å²) in [5.74, 6) is 0.254. The van der Waals surface area contributed by atoms with Gasteiger partial charge in [-0.2, -0.15) is 0 Å². The van der Waals surface area contributed by atoms with E-state index in [4.69, 9.17) is 22.1 Å². The molecule has 0 fully saturated rings. The normalized spacial score (nSPS) is 12.1. The van der Waals surface area contributed by atoms with Gasteiger partial charge >= 0.3 is 0 Å². The summed E-state index contributed by atoms with van der Waals surface area (Å²) >= 11 is 5.95. The van der Waals surface area contributed by atoms with Crippen LogP contribution in [0.5, 0.6) is 5.75 Å². The summed E-state index contributed by atoms with van der Waals surface area (Å²) in [5.41, 5.74) is 6.90. The molecule has 1 aromatic rings. The number of nitrogens with two attached hydrogens (primary N) is 1. The third-order valence-corrected chi connectivity index (χ3v) is 2.56. The van der Waals surface area contributed by atoms with E-state index in [9.17, 15) is 4.79 Å². The molecule has 0 heterocycles. The fourth-order valence-electron chi connectivity index (χ4n) is 1.18. The van der Waals surface area contributed by atoms with Crippen LogP contribution in [0.15, 0.2) is 12.1 Å². The highest BCUT2D eigenvalue weighted by Crippen LogP contribution is 2.30. The van der Waals surface area contributed by atoms with Crippen molar-refractivity contribution in [2.45, 2.75) is 19.9 Å². The minimum absolute atomic E-state index is 0.264. The first-order valence-electron chi connectivity index (χ1n) is 4.86. The number of ether oxygens (including phenoxy) is 1. The standard InChI is InChI=1S/C11H15ClN2O2/c1-6-4-9(14-11(15)7(2)13)10(16-3)5-8(6)12/h4-5,7H,13H2,1-3H3,(H,14,15). The lowest BCUT2D eigenvalue weighted by atomic mass is 10.2. The zero-order chi connectivity index (χ0) is 12.3. The van der Waals surface area contributed by atoms with E-state index in [2.05, 4.69) is 5.32 Å². The van der Waals surface area contributed by atoms with Gasteiger partial charge in [0.05, 0.1) is 18.8 Å². The van der Waals surface area contributed by atoms with Crippen LogP contribution in [0.1, 0.15) is 12.5 Å². The highest BCUT2D eigenvalue weighted by molar-refractivity contribution is 6.31. The lowest BCUT2D eigenvalue weighted by Crippen LogP contribution is -2.32. The summed E-state index contributed by atoms with van der Waals surface area (Å²) in [5, 5.41) is 3.27. The van der Waals surface area contributed by atoms with Gasteiger partial charge in [0.15, 0.2) is 0 Å². The second-order valence-corrected chi connectivity index (χ2v) is 3.99. The molecule has 0 saturated heterocycles. The fraction of sp³-hybridized carbons (Fsp3) is 0.364. The van der Waals surface area contributed by atoms with Crippen LogP contribution in [0.2, 0.25) is 5.02 Å². The Morgan fingerprint density at radius 3 is 2.69 bits per heavy atom. The van der Waals surface area contributed by atoms with Gasteiger partial charge in [-0.25, -0.2) is 0 Å². The van der Waals surface area contributed by atoms with Crippen molar-refractivity contribution in [3.63, 3.8) is 0 Å². The number of hydrogen-bond donors (Lipinski definition) is 2. The van der Waals surface area contributed by atoms with Crippen LogP contribution in [0, 0.1) is 6.92 Å². The Bertz CT molecular complexity index is 405. The lowest BCUT2D eigenvalue weighted by molar-refractivity contribution is -0.117. The van der Waals surface area contributed by atoms with Crippen molar-refractivity contribution in [3.8, 4) is 5.75 Å². The maximum atomic E-state index is 11.5. The topological polar surface area (TPSA) is 64.3 Å². The summed E-state index contributed by atoms with van der Waals surface area (Å²) in [6.07, 6.45) is 0. The summed E-state index contributed by atoms with van der Waals surface area (Å²) in [6, 6.07) is 2.84. The minimum Gasteiger partial charge on any atom is -0.495 e. The Hall–Kier alpha value is -1.26. The van der Waals surface area contributed by atoms with Crippen molar-refractivity contribution in [2.24, 2.45) is 5.73 Å². The van der Waals surface area contributed by atoms with E-state index in [1.165, 1.54) is 7.11 Å². The van der Waals surface area contributed by atoms with Crippen LogP contribution >= 0.6 is 11.6 Å². The van der Waals surface area contributed by atoms with E-state index in [1.54, 1.807) is 19.1 Å². The number of carbonyl (C=O) groups excluding carboxylic acids is 1. The van der Waals surface area contributed by atoms with Gasteiger partial charge in [0.25, 0.3) is 0 Å². The molecular formula is C11H15ClN2O2. The maximum absolute atomic E-state index is 11.5. The minimum atomic E-state index is -0.569. The molecule has 88 valence electrons. The molecule has 0 aromatic heterocycles. The van der Waals surface area contributed by atoms with E-state index >= 15 is 0 Å². The molecule has 0 aliphatic rings. The molecule has 0 aliphatic heterocycles. The Labute approximate surface area is 99.7 Å². The summed E-state index contributed by atoms with van der Waals surface area (Å²) in [7, 11) is 1.52. The van der Waals surface area contributed by atoms with Crippen LogP contribution in [0.4, 0.5) is 5.69 Å². The van der Waals surface area contributed by atoms with Gasteiger partial charge in [0, 0.05) is 11.1 Å². The molecule has 1 unspecified atom stereocenters. The molecule has 0 aliphatic carbocycles. The van der Waals surface area contributed by atoms with Gasteiger partial charge in [-0.3, -0.25) is 4.79 Å². The molecule has 1 rings (SSSR count). The number of carbonyl (C=O) groups is 1. The molecule has 0 bridgehead atoms. The van der Waals surface area contributed by atoms with Gasteiger partial charge in [0.1, 0.15) is 5.75 Å². The Balaban J connectivity index is 3.03. The van der Waals surface area contributed by atoms with Gasteiger partial charge in [-0.1, -0.05) is 11.6 Å². The molecule has 0 saturated carbocycles. The number of hydrogen-bond acceptors (Lipinski definition) is 3. The number of amides is 1. The van der Waals surface area contributed by atoms with Gasteiger partial charge in [-0.05, 0) is 25.5 Å². The maximum Gasteiger partial charge on any atom is 0.241 e. The molecule has 5 heteroatoms. The van der Waals surface area contributed by atoms with E-state index in [-0.39, 0.29) is 5.91 Å². The van der Waals surface area contributed by atoms with Crippen LogP contribution in [-0.2, 0) is 4.79 Å². The largest absolute Gasteiger partial charge is 0.495 e.